The summed E-state index contributed by atoms with van der Waals surface area (Å²) in [6.07, 6.45) is 0.00305. The Bertz CT molecular complexity index is 770. The van der Waals surface area contributed by atoms with E-state index < -0.39 is 6.10 Å². The SMILES string of the molecule is CC[C@@H](Oc1ccccc1OC)C(=O)N[C@H](C)c1cc(C)c(C)cc1C. The first-order valence-corrected chi connectivity index (χ1v) is 9.05. The molecule has 0 aliphatic carbocycles. The minimum Gasteiger partial charge on any atom is -0.493 e. The van der Waals surface area contributed by atoms with Crippen molar-refractivity contribution in [1.82, 2.24) is 5.32 Å². The summed E-state index contributed by atoms with van der Waals surface area (Å²) in [6.45, 7) is 10.2. The van der Waals surface area contributed by atoms with Crippen molar-refractivity contribution >= 4 is 5.91 Å². The second-order valence-corrected chi connectivity index (χ2v) is 6.69. The molecule has 0 heterocycles. The first-order valence-electron chi connectivity index (χ1n) is 9.05. The third kappa shape index (κ3) is 4.57. The van der Waals surface area contributed by atoms with Crippen LogP contribution in [0.25, 0.3) is 0 Å². The highest BCUT2D eigenvalue weighted by molar-refractivity contribution is 5.81. The largest absolute Gasteiger partial charge is 0.493 e. The highest BCUT2D eigenvalue weighted by atomic mass is 16.5. The zero-order chi connectivity index (χ0) is 19.3. The molecule has 0 saturated heterocycles. The Kier molecular flexibility index (Phi) is 6.67. The molecule has 0 unspecified atom stereocenters. The van der Waals surface area contributed by atoms with Crippen molar-refractivity contribution < 1.29 is 14.3 Å². The van der Waals surface area contributed by atoms with Crippen molar-refractivity contribution in [3.8, 4) is 11.5 Å². The van der Waals surface area contributed by atoms with Gasteiger partial charge in [-0.25, -0.2) is 0 Å². The Morgan fingerprint density at radius 1 is 1.04 bits per heavy atom. The summed E-state index contributed by atoms with van der Waals surface area (Å²) >= 11 is 0. The van der Waals surface area contributed by atoms with E-state index in [1.807, 2.05) is 38.1 Å². The van der Waals surface area contributed by atoms with Gasteiger partial charge in [0.15, 0.2) is 17.6 Å². The van der Waals surface area contributed by atoms with E-state index in [0.717, 1.165) is 5.56 Å². The summed E-state index contributed by atoms with van der Waals surface area (Å²) in [5, 5.41) is 3.09. The van der Waals surface area contributed by atoms with Gasteiger partial charge in [-0.05, 0) is 68.5 Å². The van der Waals surface area contributed by atoms with Crippen LogP contribution < -0.4 is 14.8 Å². The molecule has 2 rings (SSSR count). The topological polar surface area (TPSA) is 47.6 Å². The van der Waals surface area contributed by atoms with Crippen molar-refractivity contribution in [3.63, 3.8) is 0 Å². The van der Waals surface area contributed by atoms with E-state index in [4.69, 9.17) is 9.47 Å². The van der Waals surface area contributed by atoms with Crippen LogP contribution in [0, 0.1) is 20.8 Å². The maximum Gasteiger partial charge on any atom is 0.261 e. The van der Waals surface area contributed by atoms with Crippen LogP contribution in [0.3, 0.4) is 0 Å². The molecule has 0 radical (unpaired) electrons. The van der Waals surface area contributed by atoms with E-state index in [2.05, 4.69) is 38.2 Å². The first-order chi connectivity index (χ1) is 12.4. The lowest BCUT2D eigenvalue weighted by Crippen LogP contribution is -2.39. The summed E-state index contributed by atoms with van der Waals surface area (Å²) in [5.41, 5.74) is 4.80. The highest BCUT2D eigenvalue weighted by Gasteiger charge is 2.22. The number of hydrogen-bond donors (Lipinski definition) is 1. The Hall–Kier alpha value is -2.49. The third-order valence-electron chi connectivity index (χ3n) is 4.71. The van der Waals surface area contributed by atoms with Gasteiger partial charge in [0, 0.05) is 0 Å². The van der Waals surface area contributed by atoms with Gasteiger partial charge in [0.25, 0.3) is 5.91 Å². The molecule has 2 atom stereocenters. The first kappa shape index (κ1) is 19.8. The molecule has 0 aliphatic rings. The van der Waals surface area contributed by atoms with Crippen LogP contribution in [0.1, 0.15) is 48.6 Å². The zero-order valence-corrected chi connectivity index (χ0v) is 16.6. The number of methoxy groups -OCH3 is 1. The standard InChI is InChI=1S/C22H29NO3/c1-7-19(26-21-11-9-8-10-20(21)25-6)22(24)23-17(5)18-13-15(3)14(2)12-16(18)4/h8-13,17,19H,7H2,1-6H3,(H,23,24)/t17-,19-/m1/s1. The van der Waals surface area contributed by atoms with Gasteiger partial charge in [0.1, 0.15) is 0 Å². The lowest BCUT2D eigenvalue weighted by Gasteiger charge is -2.23. The molecule has 4 heteroatoms. The predicted molar refractivity (Wildman–Crippen MR) is 105 cm³/mol. The number of carbonyl (C=O) groups excluding carboxylic acids is 1. The van der Waals surface area contributed by atoms with Crippen LogP contribution in [0.5, 0.6) is 11.5 Å². The Balaban J connectivity index is 2.12. The lowest BCUT2D eigenvalue weighted by molar-refractivity contribution is -0.128. The van der Waals surface area contributed by atoms with Gasteiger partial charge in [-0.2, -0.15) is 0 Å². The molecule has 0 aliphatic heterocycles. The fourth-order valence-electron chi connectivity index (χ4n) is 3.03. The Morgan fingerprint density at radius 2 is 1.65 bits per heavy atom. The second kappa shape index (κ2) is 8.75. The van der Waals surface area contributed by atoms with Gasteiger partial charge in [-0.1, -0.05) is 31.2 Å². The number of nitrogens with one attached hydrogen (secondary N) is 1. The summed E-state index contributed by atoms with van der Waals surface area (Å²) in [7, 11) is 1.59. The minimum atomic E-state index is -0.569. The second-order valence-electron chi connectivity index (χ2n) is 6.69. The summed E-state index contributed by atoms with van der Waals surface area (Å²) in [5.74, 6) is 1.08. The molecular weight excluding hydrogens is 326 g/mol. The van der Waals surface area contributed by atoms with E-state index in [-0.39, 0.29) is 11.9 Å². The molecule has 0 aromatic heterocycles. The number of para-hydroxylation sites is 2. The van der Waals surface area contributed by atoms with E-state index in [9.17, 15) is 4.79 Å². The number of aryl methyl sites for hydroxylation is 3. The third-order valence-corrected chi connectivity index (χ3v) is 4.71. The number of amides is 1. The van der Waals surface area contributed by atoms with E-state index >= 15 is 0 Å². The van der Waals surface area contributed by atoms with E-state index in [1.165, 1.54) is 16.7 Å². The molecule has 1 N–H and O–H groups in total. The van der Waals surface area contributed by atoms with Gasteiger partial charge in [0.2, 0.25) is 0 Å². The van der Waals surface area contributed by atoms with Crippen LogP contribution in [0.15, 0.2) is 36.4 Å². The average molecular weight is 355 g/mol. The normalized spacial score (nSPS) is 13.0. The van der Waals surface area contributed by atoms with Crippen LogP contribution in [-0.2, 0) is 4.79 Å². The zero-order valence-electron chi connectivity index (χ0n) is 16.6. The number of carbonyl (C=O) groups is 1. The minimum absolute atomic E-state index is 0.0860. The average Bonchev–Trinajstić information content (AvgIpc) is 2.62. The fourth-order valence-corrected chi connectivity index (χ4v) is 3.03. The van der Waals surface area contributed by atoms with Crippen molar-refractivity contribution in [2.24, 2.45) is 0 Å². The molecule has 26 heavy (non-hydrogen) atoms. The lowest BCUT2D eigenvalue weighted by atomic mass is 9.96. The van der Waals surface area contributed by atoms with Gasteiger partial charge in [0.05, 0.1) is 13.2 Å². The quantitative estimate of drug-likeness (QED) is 0.786. The van der Waals surface area contributed by atoms with Crippen LogP contribution in [0.2, 0.25) is 0 Å². The molecular formula is C22H29NO3. The Morgan fingerprint density at radius 3 is 2.27 bits per heavy atom. The summed E-state index contributed by atoms with van der Waals surface area (Å²) < 4.78 is 11.2. The molecule has 0 fully saturated rings. The maximum absolute atomic E-state index is 12.7. The van der Waals surface area contributed by atoms with Crippen LogP contribution in [0.4, 0.5) is 0 Å². The van der Waals surface area contributed by atoms with Crippen molar-refractivity contribution in [3.05, 3.63) is 58.7 Å². The Labute approximate surface area is 156 Å². The van der Waals surface area contributed by atoms with Crippen LogP contribution >= 0.6 is 0 Å². The van der Waals surface area contributed by atoms with Gasteiger partial charge >= 0.3 is 0 Å². The molecule has 0 bridgehead atoms. The summed E-state index contributed by atoms with van der Waals surface area (Å²) in [4.78, 5) is 12.7. The predicted octanol–water partition coefficient (Wildman–Crippen LogP) is 4.66. The molecule has 2 aromatic carbocycles. The smallest absolute Gasteiger partial charge is 0.261 e. The van der Waals surface area contributed by atoms with E-state index in [0.29, 0.717) is 17.9 Å². The molecule has 0 saturated carbocycles. The molecule has 4 nitrogen and oxygen atoms in total. The molecule has 140 valence electrons. The van der Waals surface area contributed by atoms with Gasteiger partial charge < -0.3 is 14.8 Å². The number of hydrogen-bond acceptors (Lipinski definition) is 3. The summed E-state index contributed by atoms with van der Waals surface area (Å²) in [6, 6.07) is 11.6. The molecule has 1 amide bonds. The number of ether oxygens (including phenoxy) is 2. The van der Waals surface area contributed by atoms with Crippen molar-refractivity contribution in [2.45, 2.75) is 53.2 Å². The molecule has 2 aromatic rings. The van der Waals surface area contributed by atoms with Crippen molar-refractivity contribution in [1.29, 1.82) is 0 Å². The molecule has 0 spiro atoms. The highest BCUT2D eigenvalue weighted by Crippen LogP contribution is 2.28. The van der Waals surface area contributed by atoms with Gasteiger partial charge in [-0.3, -0.25) is 4.79 Å². The fraction of sp³-hybridized carbons (Fsp3) is 0.409. The maximum atomic E-state index is 12.7. The monoisotopic (exact) mass is 355 g/mol. The van der Waals surface area contributed by atoms with Crippen LogP contribution in [-0.4, -0.2) is 19.1 Å². The van der Waals surface area contributed by atoms with E-state index in [1.54, 1.807) is 7.11 Å². The van der Waals surface area contributed by atoms with Gasteiger partial charge in [-0.15, -0.1) is 0 Å². The number of benzene rings is 2. The van der Waals surface area contributed by atoms with Crippen molar-refractivity contribution in [2.75, 3.05) is 7.11 Å². The number of rotatable bonds is 7.